The second-order valence-electron chi connectivity index (χ2n) is 7.77. The highest BCUT2D eigenvalue weighted by atomic mass is 16.5. The SMILES string of the molecule is COc1cccc(NC(=O)c2ccccc2N(C)C(=O)CCC(=O)Nc2ccc(OC)cc2OC)c1. The van der Waals surface area contributed by atoms with Gasteiger partial charge in [0.25, 0.3) is 5.91 Å². The van der Waals surface area contributed by atoms with Crippen molar-refractivity contribution in [2.45, 2.75) is 12.8 Å². The number of nitrogens with one attached hydrogen (secondary N) is 2. The molecular formula is C27H29N3O6. The third kappa shape index (κ3) is 6.53. The molecule has 3 aromatic carbocycles. The molecule has 0 saturated carbocycles. The average Bonchev–Trinajstić information content (AvgIpc) is 2.91. The van der Waals surface area contributed by atoms with Crippen molar-refractivity contribution in [2.24, 2.45) is 0 Å². The van der Waals surface area contributed by atoms with Gasteiger partial charge in [0, 0.05) is 37.7 Å². The van der Waals surface area contributed by atoms with E-state index < -0.39 is 0 Å². The molecule has 3 rings (SSSR count). The number of hydrogen-bond donors (Lipinski definition) is 2. The molecule has 36 heavy (non-hydrogen) atoms. The van der Waals surface area contributed by atoms with Crippen LogP contribution in [-0.4, -0.2) is 46.1 Å². The largest absolute Gasteiger partial charge is 0.497 e. The van der Waals surface area contributed by atoms with Gasteiger partial charge in [-0.05, 0) is 36.4 Å². The summed E-state index contributed by atoms with van der Waals surface area (Å²) in [6, 6.07) is 18.8. The molecule has 2 N–H and O–H groups in total. The van der Waals surface area contributed by atoms with E-state index in [4.69, 9.17) is 14.2 Å². The van der Waals surface area contributed by atoms with E-state index in [0.717, 1.165) is 0 Å². The van der Waals surface area contributed by atoms with E-state index in [0.29, 0.717) is 39.9 Å². The first-order chi connectivity index (χ1) is 17.4. The van der Waals surface area contributed by atoms with Gasteiger partial charge in [0.2, 0.25) is 11.8 Å². The lowest BCUT2D eigenvalue weighted by molar-refractivity contribution is -0.122. The minimum absolute atomic E-state index is 0.0451. The summed E-state index contributed by atoms with van der Waals surface area (Å²) in [5.74, 6) is 0.623. The van der Waals surface area contributed by atoms with Crippen LogP contribution in [0.2, 0.25) is 0 Å². The van der Waals surface area contributed by atoms with Crippen molar-refractivity contribution in [3.05, 3.63) is 72.3 Å². The Labute approximate surface area is 210 Å². The third-order valence-corrected chi connectivity index (χ3v) is 5.46. The van der Waals surface area contributed by atoms with Crippen molar-refractivity contribution in [3.8, 4) is 17.2 Å². The molecule has 9 heteroatoms. The lowest BCUT2D eigenvalue weighted by Crippen LogP contribution is -2.29. The number of anilines is 3. The van der Waals surface area contributed by atoms with Crippen LogP contribution in [0.5, 0.6) is 17.2 Å². The van der Waals surface area contributed by atoms with E-state index in [2.05, 4.69) is 10.6 Å². The van der Waals surface area contributed by atoms with Crippen LogP contribution in [-0.2, 0) is 9.59 Å². The monoisotopic (exact) mass is 491 g/mol. The molecule has 0 aliphatic carbocycles. The Hall–Kier alpha value is -4.53. The molecule has 0 bridgehead atoms. The van der Waals surface area contributed by atoms with Gasteiger partial charge in [0.1, 0.15) is 17.2 Å². The number of rotatable bonds is 10. The van der Waals surface area contributed by atoms with Gasteiger partial charge in [-0.25, -0.2) is 0 Å². The number of ether oxygens (including phenoxy) is 3. The van der Waals surface area contributed by atoms with Gasteiger partial charge in [0.05, 0.1) is 38.3 Å². The maximum Gasteiger partial charge on any atom is 0.257 e. The molecule has 0 fully saturated rings. The second kappa shape index (κ2) is 12.3. The van der Waals surface area contributed by atoms with Gasteiger partial charge in [-0.2, -0.15) is 0 Å². The van der Waals surface area contributed by atoms with E-state index >= 15 is 0 Å². The molecule has 0 aliphatic heterocycles. The van der Waals surface area contributed by atoms with Gasteiger partial charge in [-0.15, -0.1) is 0 Å². The molecule has 0 radical (unpaired) electrons. The van der Waals surface area contributed by atoms with Crippen LogP contribution in [0.1, 0.15) is 23.2 Å². The number of hydrogen-bond acceptors (Lipinski definition) is 6. The normalized spacial score (nSPS) is 10.2. The predicted molar refractivity (Wildman–Crippen MR) is 138 cm³/mol. The fourth-order valence-corrected chi connectivity index (χ4v) is 3.49. The van der Waals surface area contributed by atoms with E-state index in [1.807, 2.05) is 0 Å². The van der Waals surface area contributed by atoms with Crippen molar-refractivity contribution in [1.29, 1.82) is 0 Å². The summed E-state index contributed by atoms with van der Waals surface area (Å²) in [5.41, 5.74) is 1.79. The molecule has 3 aromatic rings. The smallest absolute Gasteiger partial charge is 0.257 e. The Bertz CT molecular complexity index is 1240. The van der Waals surface area contributed by atoms with Crippen molar-refractivity contribution in [3.63, 3.8) is 0 Å². The quantitative estimate of drug-likeness (QED) is 0.437. The second-order valence-corrected chi connectivity index (χ2v) is 7.77. The Morgan fingerprint density at radius 1 is 0.778 bits per heavy atom. The number of benzene rings is 3. The summed E-state index contributed by atoms with van der Waals surface area (Å²) in [6.45, 7) is 0. The maximum absolute atomic E-state index is 13.0. The molecular weight excluding hydrogens is 462 g/mol. The highest BCUT2D eigenvalue weighted by Gasteiger charge is 2.20. The highest BCUT2D eigenvalue weighted by Crippen LogP contribution is 2.29. The van der Waals surface area contributed by atoms with Crippen LogP contribution >= 0.6 is 0 Å². The fraction of sp³-hybridized carbons (Fsp3) is 0.222. The summed E-state index contributed by atoms with van der Waals surface area (Å²) >= 11 is 0. The summed E-state index contributed by atoms with van der Waals surface area (Å²) in [7, 11) is 6.15. The molecule has 0 aliphatic rings. The fourth-order valence-electron chi connectivity index (χ4n) is 3.49. The van der Waals surface area contributed by atoms with Gasteiger partial charge in [-0.3, -0.25) is 14.4 Å². The zero-order chi connectivity index (χ0) is 26.1. The number of carbonyl (C=O) groups excluding carboxylic acids is 3. The molecule has 0 unspecified atom stereocenters. The summed E-state index contributed by atoms with van der Waals surface area (Å²) in [4.78, 5) is 39.7. The maximum atomic E-state index is 13.0. The summed E-state index contributed by atoms with van der Waals surface area (Å²) < 4.78 is 15.6. The van der Waals surface area contributed by atoms with Gasteiger partial charge in [-0.1, -0.05) is 18.2 Å². The van der Waals surface area contributed by atoms with Crippen LogP contribution in [0.3, 0.4) is 0 Å². The number of nitrogens with zero attached hydrogens (tertiary/aromatic N) is 1. The Morgan fingerprint density at radius 2 is 1.50 bits per heavy atom. The molecule has 9 nitrogen and oxygen atoms in total. The molecule has 0 atom stereocenters. The first-order valence-electron chi connectivity index (χ1n) is 11.2. The molecule has 0 aromatic heterocycles. The molecule has 0 saturated heterocycles. The molecule has 0 heterocycles. The summed E-state index contributed by atoms with van der Waals surface area (Å²) in [6.07, 6.45) is -0.0941. The Morgan fingerprint density at radius 3 is 2.22 bits per heavy atom. The minimum atomic E-state index is -0.372. The van der Waals surface area contributed by atoms with E-state index in [9.17, 15) is 14.4 Å². The van der Waals surface area contributed by atoms with Crippen molar-refractivity contribution >= 4 is 34.8 Å². The minimum Gasteiger partial charge on any atom is -0.497 e. The van der Waals surface area contributed by atoms with Crippen LogP contribution in [0.4, 0.5) is 17.1 Å². The van der Waals surface area contributed by atoms with Crippen molar-refractivity contribution in [2.75, 3.05) is 43.9 Å². The number of para-hydroxylation sites is 1. The van der Waals surface area contributed by atoms with Gasteiger partial charge >= 0.3 is 0 Å². The van der Waals surface area contributed by atoms with E-state index in [-0.39, 0.29) is 30.6 Å². The Balaban J connectivity index is 1.64. The Kier molecular flexibility index (Phi) is 8.88. The topological polar surface area (TPSA) is 106 Å². The van der Waals surface area contributed by atoms with Crippen LogP contribution < -0.4 is 29.7 Å². The number of methoxy groups -OCH3 is 3. The average molecular weight is 492 g/mol. The van der Waals surface area contributed by atoms with Crippen molar-refractivity contribution < 1.29 is 28.6 Å². The zero-order valence-electron chi connectivity index (χ0n) is 20.7. The lowest BCUT2D eigenvalue weighted by atomic mass is 10.1. The highest BCUT2D eigenvalue weighted by molar-refractivity contribution is 6.10. The predicted octanol–water partition coefficient (Wildman–Crippen LogP) is 4.35. The van der Waals surface area contributed by atoms with Gasteiger partial charge in [0.15, 0.2) is 0 Å². The van der Waals surface area contributed by atoms with Crippen LogP contribution in [0.25, 0.3) is 0 Å². The van der Waals surface area contributed by atoms with E-state index in [1.165, 1.54) is 19.1 Å². The molecule has 0 spiro atoms. The van der Waals surface area contributed by atoms with Crippen LogP contribution in [0.15, 0.2) is 66.7 Å². The lowest BCUT2D eigenvalue weighted by Gasteiger charge is -2.20. The van der Waals surface area contributed by atoms with Crippen molar-refractivity contribution in [1.82, 2.24) is 0 Å². The third-order valence-electron chi connectivity index (χ3n) is 5.46. The number of amides is 3. The zero-order valence-corrected chi connectivity index (χ0v) is 20.7. The summed E-state index contributed by atoms with van der Waals surface area (Å²) in [5, 5.41) is 5.57. The molecule has 3 amide bonds. The first kappa shape index (κ1) is 26.1. The first-order valence-corrected chi connectivity index (χ1v) is 11.2. The molecule has 188 valence electrons. The van der Waals surface area contributed by atoms with Gasteiger partial charge < -0.3 is 29.7 Å². The van der Waals surface area contributed by atoms with Crippen LogP contribution in [0, 0.1) is 0 Å². The van der Waals surface area contributed by atoms with E-state index in [1.54, 1.807) is 80.9 Å². The number of carbonyl (C=O) groups is 3. The standard InChI is InChI=1S/C27H29N3O6/c1-30(26(32)15-14-25(31)29-22-13-12-20(35-3)17-24(22)36-4)23-11-6-5-10-21(23)27(33)28-18-8-7-9-19(16-18)34-2/h5-13,16-17H,14-15H2,1-4H3,(H,28,33)(H,29,31).